The Morgan fingerprint density at radius 2 is 1.80 bits per heavy atom. The average Bonchev–Trinajstić information content (AvgIpc) is 2.69. The number of fused-ring (bicyclic) bond motifs is 1. The highest BCUT2D eigenvalue weighted by Gasteiger charge is 2.18. The highest BCUT2D eigenvalue weighted by atomic mass is 35.5. The zero-order valence-corrected chi connectivity index (χ0v) is 16.8. The first-order chi connectivity index (χ1) is 14.4. The summed E-state index contributed by atoms with van der Waals surface area (Å²) in [5, 5.41) is 30.3. The fourth-order valence-electron chi connectivity index (χ4n) is 3.41. The first kappa shape index (κ1) is 19.5. The maximum atomic E-state index is 10.3. The van der Waals surface area contributed by atoms with Gasteiger partial charge in [-0.05, 0) is 48.4 Å². The van der Waals surface area contributed by atoms with Gasteiger partial charge in [0.15, 0.2) is 0 Å². The number of phenolic OH excluding ortho intramolecular Hbond substituents is 2. The number of hydrogen-bond donors (Lipinski definition) is 3. The molecule has 2 aromatic heterocycles. The Balaban J connectivity index is 1.99. The summed E-state index contributed by atoms with van der Waals surface area (Å²) in [6.07, 6.45) is 0.0400. The number of nitriles is 1. The van der Waals surface area contributed by atoms with E-state index in [9.17, 15) is 15.5 Å². The second-order valence-corrected chi connectivity index (χ2v) is 7.34. The minimum absolute atomic E-state index is 0.0400. The number of aromatic nitrogens is 2. The monoisotopic (exact) mass is 416 g/mol. The van der Waals surface area contributed by atoms with E-state index in [4.69, 9.17) is 17.3 Å². The minimum Gasteiger partial charge on any atom is -0.508 e. The third-order valence-corrected chi connectivity index (χ3v) is 5.17. The second kappa shape index (κ2) is 7.54. The van der Waals surface area contributed by atoms with E-state index < -0.39 is 0 Å². The van der Waals surface area contributed by atoms with Gasteiger partial charge >= 0.3 is 0 Å². The van der Waals surface area contributed by atoms with E-state index in [-0.39, 0.29) is 28.9 Å². The minimum atomic E-state index is -0.140. The van der Waals surface area contributed by atoms with Gasteiger partial charge in [0.25, 0.3) is 0 Å². The van der Waals surface area contributed by atoms with Gasteiger partial charge in [0.1, 0.15) is 22.5 Å². The summed E-state index contributed by atoms with van der Waals surface area (Å²) < 4.78 is 0. The SMILES string of the molecule is Cc1ccc2cc(-c3cc(-c4ccc(O)cc4O)nc(N)c3CC#N)c(Cl)nc2c1. The Labute approximate surface area is 177 Å². The molecule has 0 bridgehead atoms. The fraction of sp³-hybridized carbons (Fsp3) is 0.0870. The van der Waals surface area contributed by atoms with Crippen molar-refractivity contribution in [1.29, 1.82) is 5.26 Å². The van der Waals surface area contributed by atoms with Crippen molar-refractivity contribution in [1.82, 2.24) is 9.97 Å². The number of aryl methyl sites for hydroxylation is 1. The van der Waals surface area contributed by atoms with Crippen LogP contribution in [-0.2, 0) is 6.42 Å². The molecule has 30 heavy (non-hydrogen) atoms. The topological polar surface area (TPSA) is 116 Å². The zero-order valence-electron chi connectivity index (χ0n) is 16.0. The Morgan fingerprint density at radius 3 is 2.53 bits per heavy atom. The molecule has 148 valence electrons. The fourth-order valence-corrected chi connectivity index (χ4v) is 3.66. The van der Waals surface area contributed by atoms with E-state index in [2.05, 4.69) is 16.0 Å². The molecule has 4 rings (SSSR count). The second-order valence-electron chi connectivity index (χ2n) is 6.98. The molecule has 0 saturated heterocycles. The molecule has 0 fully saturated rings. The lowest BCUT2D eigenvalue weighted by molar-refractivity contribution is 0.452. The first-order valence-corrected chi connectivity index (χ1v) is 9.51. The van der Waals surface area contributed by atoms with Crippen LogP contribution < -0.4 is 5.73 Å². The number of anilines is 1. The lowest BCUT2D eigenvalue weighted by Gasteiger charge is -2.15. The van der Waals surface area contributed by atoms with Crippen molar-refractivity contribution in [3.05, 3.63) is 64.8 Å². The summed E-state index contributed by atoms with van der Waals surface area (Å²) in [7, 11) is 0. The van der Waals surface area contributed by atoms with Crippen LogP contribution in [0.25, 0.3) is 33.3 Å². The van der Waals surface area contributed by atoms with Crippen LogP contribution in [0.4, 0.5) is 5.82 Å². The molecule has 0 aliphatic heterocycles. The van der Waals surface area contributed by atoms with E-state index in [0.29, 0.717) is 27.9 Å². The molecule has 6 nitrogen and oxygen atoms in total. The smallest absolute Gasteiger partial charge is 0.137 e. The molecule has 0 aliphatic carbocycles. The molecule has 2 heterocycles. The highest BCUT2D eigenvalue weighted by molar-refractivity contribution is 6.32. The molecule has 0 aliphatic rings. The summed E-state index contributed by atoms with van der Waals surface area (Å²) in [4.78, 5) is 8.88. The standard InChI is InChI=1S/C23H17ClN4O2/c1-12-2-3-13-9-18(22(24)27-19(13)8-12)17-11-20(28-23(26)15(17)6-7-25)16-5-4-14(29)10-21(16)30/h2-5,8-11,29-30H,6H2,1H3,(H2,26,28). The lowest BCUT2D eigenvalue weighted by atomic mass is 9.96. The number of nitrogen functional groups attached to an aromatic ring is 1. The van der Waals surface area contributed by atoms with Gasteiger partial charge in [0.05, 0.1) is 23.7 Å². The van der Waals surface area contributed by atoms with Crippen LogP contribution in [0.3, 0.4) is 0 Å². The molecular formula is C23H17ClN4O2. The van der Waals surface area contributed by atoms with Gasteiger partial charge in [-0.15, -0.1) is 0 Å². The number of halogens is 1. The zero-order chi connectivity index (χ0) is 21.4. The predicted molar refractivity (Wildman–Crippen MR) is 117 cm³/mol. The number of nitrogens with zero attached hydrogens (tertiary/aromatic N) is 3. The number of aromatic hydroxyl groups is 2. The Kier molecular flexibility index (Phi) is 4.90. The average molecular weight is 417 g/mol. The third-order valence-electron chi connectivity index (χ3n) is 4.89. The summed E-state index contributed by atoms with van der Waals surface area (Å²) in [5.74, 6) is -0.0432. The first-order valence-electron chi connectivity index (χ1n) is 9.13. The van der Waals surface area contributed by atoms with E-state index in [1.165, 1.54) is 12.1 Å². The van der Waals surface area contributed by atoms with Gasteiger partial charge < -0.3 is 15.9 Å². The van der Waals surface area contributed by atoms with Crippen LogP contribution in [-0.4, -0.2) is 20.2 Å². The van der Waals surface area contributed by atoms with Crippen LogP contribution in [0, 0.1) is 18.3 Å². The van der Waals surface area contributed by atoms with E-state index in [0.717, 1.165) is 16.5 Å². The summed E-state index contributed by atoms with van der Waals surface area (Å²) in [6, 6.07) is 15.8. The Hall–Kier alpha value is -3.82. The van der Waals surface area contributed by atoms with Gasteiger partial charge in [-0.25, -0.2) is 9.97 Å². The van der Waals surface area contributed by atoms with Crippen molar-refractivity contribution in [2.24, 2.45) is 0 Å². The highest BCUT2D eigenvalue weighted by Crippen LogP contribution is 2.39. The Morgan fingerprint density at radius 1 is 1.00 bits per heavy atom. The number of rotatable bonds is 3. The number of pyridine rings is 2. The summed E-state index contributed by atoms with van der Waals surface area (Å²) in [5.41, 5.74) is 10.6. The summed E-state index contributed by atoms with van der Waals surface area (Å²) >= 11 is 6.53. The third kappa shape index (κ3) is 3.47. The van der Waals surface area contributed by atoms with Crippen LogP contribution in [0.2, 0.25) is 5.15 Å². The normalized spacial score (nSPS) is 10.8. The molecule has 7 heteroatoms. The molecule has 0 atom stereocenters. The molecular weight excluding hydrogens is 400 g/mol. The van der Waals surface area contributed by atoms with Crippen molar-refractivity contribution in [3.63, 3.8) is 0 Å². The molecule has 0 unspecified atom stereocenters. The van der Waals surface area contributed by atoms with Gasteiger partial charge in [0, 0.05) is 28.1 Å². The Bertz CT molecular complexity index is 1350. The molecule has 0 radical (unpaired) electrons. The predicted octanol–water partition coefficient (Wildman–Crippen LogP) is 4.99. The van der Waals surface area contributed by atoms with Crippen LogP contribution in [0.15, 0.2) is 48.5 Å². The van der Waals surface area contributed by atoms with Crippen molar-refractivity contribution in [3.8, 4) is 40.0 Å². The number of hydrogen-bond acceptors (Lipinski definition) is 6. The van der Waals surface area contributed by atoms with E-state index >= 15 is 0 Å². The largest absolute Gasteiger partial charge is 0.508 e. The number of benzene rings is 2. The molecule has 0 spiro atoms. The van der Waals surface area contributed by atoms with Crippen molar-refractivity contribution in [2.45, 2.75) is 13.3 Å². The van der Waals surface area contributed by atoms with Crippen molar-refractivity contribution in [2.75, 3.05) is 5.73 Å². The molecule has 0 saturated carbocycles. The van der Waals surface area contributed by atoms with Crippen LogP contribution in [0.5, 0.6) is 11.5 Å². The number of phenols is 2. The molecule has 4 aromatic rings. The van der Waals surface area contributed by atoms with E-state index in [1.54, 1.807) is 12.1 Å². The molecule has 2 aromatic carbocycles. The molecule has 4 N–H and O–H groups in total. The van der Waals surface area contributed by atoms with Gasteiger partial charge in [-0.3, -0.25) is 0 Å². The molecule has 0 amide bonds. The summed E-state index contributed by atoms with van der Waals surface area (Å²) in [6.45, 7) is 1.98. The number of nitrogens with two attached hydrogens (primary N) is 1. The maximum Gasteiger partial charge on any atom is 0.137 e. The van der Waals surface area contributed by atoms with Crippen LogP contribution >= 0.6 is 11.6 Å². The van der Waals surface area contributed by atoms with Gasteiger partial charge in [-0.1, -0.05) is 23.7 Å². The van der Waals surface area contributed by atoms with Gasteiger partial charge in [-0.2, -0.15) is 5.26 Å². The van der Waals surface area contributed by atoms with Crippen molar-refractivity contribution >= 4 is 28.3 Å². The van der Waals surface area contributed by atoms with Gasteiger partial charge in [0.2, 0.25) is 0 Å². The van der Waals surface area contributed by atoms with Crippen LogP contribution in [0.1, 0.15) is 11.1 Å². The maximum absolute atomic E-state index is 10.3. The quantitative estimate of drug-likeness (QED) is 0.405. The van der Waals surface area contributed by atoms with E-state index in [1.807, 2.05) is 31.2 Å². The lowest BCUT2D eigenvalue weighted by Crippen LogP contribution is -2.03. The van der Waals surface area contributed by atoms with Crippen molar-refractivity contribution < 1.29 is 10.2 Å².